The zero-order valence-electron chi connectivity index (χ0n) is 17.0. The maximum atomic E-state index is 12.6. The summed E-state index contributed by atoms with van der Waals surface area (Å²) < 4.78 is 17.7. The summed E-state index contributed by atoms with van der Waals surface area (Å²) in [5, 5.41) is 3.43. The van der Waals surface area contributed by atoms with Crippen molar-refractivity contribution >= 4 is 32.8 Å². The molecule has 4 saturated carbocycles. The Labute approximate surface area is 183 Å². The molecule has 30 heavy (non-hydrogen) atoms. The average Bonchev–Trinajstić information content (AvgIpc) is 2.69. The van der Waals surface area contributed by atoms with Crippen molar-refractivity contribution in [2.75, 3.05) is 20.3 Å². The summed E-state index contributed by atoms with van der Waals surface area (Å²) in [5.41, 5.74) is -0.350. The molecule has 1 heterocycles. The SMILES string of the molecule is COc1cc(Br)cc2cc(C(=O)NCCOC34CC5CC(CC(C5)C3)C4)c(=O)oc12. The van der Waals surface area contributed by atoms with Gasteiger partial charge < -0.3 is 19.2 Å². The highest BCUT2D eigenvalue weighted by Crippen LogP contribution is 2.57. The number of benzene rings is 1. The molecule has 1 aromatic heterocycles. The Bertz CT molecular complexity index is 1010. The van der Waals surface area contributed by atoms with Crippen LogP contribution in [0.4, 0.5) is 0 Å². The van der Waals surface area contributed by atoms with E-state index in [1.165, 1.54) is 45.6 Å². The summed E-state index contributed by atoms with van der Waals surface area (Å²) in [5.74, 6) is 2.46. The molecular formula is C23H26BrNO5. The van der Waals surface area contributed by atoms with Crippen LogP contribution in [0.25, 0.3) is 11.0 Å². The molecule has 4 bridgehead atoms. The summed E-state index contributed by atoms with van der Waals surface area (Å²) in [7, 11) is 1.51. The number of halogens is 1. The monoisotopic (exact) mass is 475 g/mol. The molecule has 0 atom stereocenters. The minimum absolute atomic E-state index is 0.0162. The molecule has 4 aliphatic rings. The van der Waals surface area contributed by atoms with E-state index in [2.05, 4.69) is 21.2 Å². The van der Waals surface area contributed by atoms with Gasteiger partial charge in [-0.3, -0.25) is 4.79 Å². The van der Waals surface area contributed by atoms with Crippen LogP contribution in [0.3, 0.4) is 0 Å². The van der Waals surface area contributed by atoms with Crippen LogP contribution >= 0.6 is 15.9 Å². The first-order valence-corrected chi connectivity index (χ1v) is 11.5. The standard InChI is InChI=1S/C23H26BrNO5/c1-28-19-9-17(24)7-16-8-18(22(27)30-20(16)19)21(26)25-2-3-29-23-10-13-4-14(11-23)6-15(5-13)12-23/h7-9,13-15H,2-6,10-12H2,1H3,(H,25,26). The molecule has 7 heteroatoms. The Balaban J connectivity index is 1.23. The van der Waals surface area contributed by atoms with Gasteiger partial charge in [-0.15, -0.1) is 0 Å². The Morgan fingerprint density at radius 2 is 1.83 bits per heavy atom. The molecule has 4 aliphatic carbocycles. The summed E-state index contributed by atoms with van der Waals surface area (Å²) in [6.07, 6.45) is 7.61. The van der Waals surface area contributed by atoms with Crippen molar-refractivity contribution in [3.05, 3.63) is 38.7 Å². The fraction of sp³-hybridized carbons (Fsp3) is 0.565. The number of ether oxygens (including phenoxy) is 2. The van der Waals surface area contributed by atoms with Crippen molar-refractivity contribution in [1.29, 1.82) is 0 Å². The zero-order chi connectivity index (χ0) is 20.9. The lowest BCUT2D eigenvalue weighted by Gasteiger charge is -2.56. The minimum atomic E-state index is -0.678. The van der Waals surface area contributed by atoms with E-state index in [9.17, 15) is 9.59 Å². The molecule has 4 fully saturated rings. The van der Waals surface area contributed by atoms with Crippen molar-refractivity contribution in [2.45, 2.75) is 44.1 Å². The molecule has 1 aromatic carbocycles. The Kier molecular flexibility index (Phi) is 5.14. The second-order valence-corrected chi connectivity index (χ2v) is 10.1. The van der Waals surface area contributed by atoms with Gasteiger partial charge in [0, 0.05) is 16.4 Å². The molecule has 2 aromatic rings. The fourth-order valence-corrected chi connectivity index (χ4v) is 6.67. The topological polar surface area (TPSA) is 77.8 Å². The second kappa shape index (κ2) is 7.68. The first kappa shape index (κ1) is 20.1. The molecule has 0 saturated heterocycles. The second-order valence-electron chi connectivity index (χ2n) is 9.18. The number of hydrogen-bond donors (Lipinski definition) is 1. The molecular weight excluding hydrogens is 450 g/mol. The number of rotatable bonds is 6. The molecule has 160 valence electrons. The number of carbonyl (C=O) groups is 1. The van der Waals surface area contributed by atoms with Gasteiger partial charge in [-0.1, -0.05) is 15.9 Å². The first-order valence-electron chi connectivity index (χ1n) is 10.7. The molecule has 6 nitrogen and oxygen atoms in total. The van der Waals surface area contributed by atoms with Crippen molar-refractivity contribution in [2.24, 2.45) is 17.8 Å². The van der Waals surface area contributed by atoms with E-state index < -0.39 is 11.5 Å². The highest BCUT2D eigenvalue weighted by molar-refractivity contribution is 9.10. The van der Waals surface area contributed by atoms with Crippen LogP contribution < -0.4 is 15.7 Å². The number of fused-ring (bicyclic) bond motifs is 1. The molecule has 1 N–H and O–H groups in total. The quantitative estimate of drug-likeness (QED) is 0.498. The molecule has 6 rings (SSSR count). The number of carbonyl (C=O) groups excluding carboxylic acids is 1. The Morgan fingerprint density at radius 1 is 1.17 bits per heavy atom. The number of methoxy groups -OCH3 is 1. The van der Waals surface area contributed by atoms with Crippen molar-refractivity contribution in [1.82, 2.24) is 5.32 Å². The first-order chi connectivity index (χ1) is 14.4. The van der Waals surface area contributed by atoms with E-state index in [1.54, 1.807) is 18.2 Å². The van der Waals surface area contributed by atoms with Gasteiger partial charge in [-0.05, 0) is 74.5 Å². The lowest BCUT2D eigenvalue weighted by Crippen LogP contribution is -2.52. The molecule has 0 aliphatic heterocycles. The van der Waals surface area contributed by atoms with E-state index in [0.29, 0.717) is 29.9 Å². The van der Waals surface area contributed by atoms with Crippen LogP contribution in [0.15, 0.2) is 31.9 Å². The van der Waals surface area contributed by atoms with Gasteiger partial charge in [0.25, 0.3) is 5.91 Å². The van der Waals surface area contributed by atoms with E-state index in [4.69, 9.17) is 13.9 Å². The van der Waals surface area contributed by atoms with Gasteiger partial charge in [0.05, 0.1) is 19.3 Å². The molecule has 0 unspecified atom stereocenters. The third-order valence-electron chi connectivity index (χ3n) is 7.01. The van der Waals surface area contributed by atoms with Gasteiger partial charge in [0.1, 0.15) is 5.56 Å². The summed E-state index contributed by atoms with van der Waals surface area (Å²) in [6, 6.07) is 5.05. The van der Waals surface area contributed by atoms with E-state index in [1.807, 2.05) is 0 Å². The molecule has 1 amide bonds. The minimum Gasteiger partial charge on any atom is -0.493 e. The zero-order valence-corrected chi connectivity index (χ0v) is 18.6. The van der Waals surface area contributed by atoms with Crippen LogP contribution in [0.5, 0.6) is 5.75 Å². The Morgan fingerprint density at radius 3 is 2.47 bits per heavy atom. The van der Waals surface area contributed by atoms with Crippen molar-refractivity contribution in [3.63, 3.8) is 0 Å². The normalized spacial score (nSPS) is 29.3. The molecule has 0 spiro atoms. The highest BCUT2D eigenvalue weighted by Gasteiger charge is 2.51. The highest BCUT2D eigenvalue weighted by atomic mass is 79.9. The van der Waals surface area contributed by atoms with Gasteiger partial charge >= 0.3 is 5.63 Å². The summed E-state index contributed by atoms with van der Waals surface area (Å²) >= 11 is 3.40. The lowest BCUT2D eigenvalue weighted by atomic mass is 9.54. The van der Waals surface area contributed by atoms with E-state index in [-0.39, 0.29) is 11.2 Å². The number of hydrogen-bond acceptors (Lipinski definition) is 5. The third kappa shape index (κ3) is 3.66. The molecule has 0 radical (unpaired) electrons. The van der Waals surface area contributed by atoms with Crippen LogP contribution in [0.1, 0.15) is 48.9 Å². The Hall–Kier alpha value is -1.86. The number of nitrogens with one attached hydrogen (secondary N) is 1. The summed E-state index contributed by atoms with van der Waals surface area (Å²) in [4.78, 5) is 25.0. The van der Waals surface area contributed by atoms with Crippen molar-refractivity contribution in [3.8, 4) is 5.75 Å². The lowest BCUT2D eigenvalue weighted by molar-refractivity contribution is -0.160. The van der Waals surface area contributed by atoms with Gasteiger partial charge in [0.2, 0.25) is 0 Å². The van der Waals surface area contributed by atoms with E-state index in [0.717, 1.165) is 22.2 Å². The van der Waals surface area contributed by atoms with Crippen LogP contribution in [-0.4, -0.2) is 31.8 Å². The van der Waals surface area contributed by atoms with Crippen LogP contribution in [0.2, 0.25) is 0 Å². The van der Waals surface area contributed by atoms with Gasteiger partial charge in [0.15, 0.2) is 11.3 Å². The predicted octanol–water partition coefficient (Wildman–Crippen LogP) is 4.28. The van der Waals surface area contributed by atoms with Crippen LogP contribution in [-0.2, 0) is 4.74 Å². The van der Waals surface area contributed by atoms with E-state index >= 15 is 0 Å². The fourth-order valence-electron chi connectivity index (χ4n) is 6.21. The van der Waals surface area contributed by atoms with Crippen LogP contribution in [0, 0.1) is 17.8 Å². The van der Waals surface area contributed by atoms with Crippen molar-refractivity contribution < 1.29 is 18.7 Å². The smallest absolute Gasteiger partial charge is 0.349 e. The largest absolute Gasteiger partial charge is 0.493 e. The summed E-state index contributed by atoms with van der Waals surface area (Å²) in [6.45, 7) is 0.843. The van der Waals surface area contributed by atoms with Gasteiger partial charge in [-0.2, -0.15) is 0 Å². The average molecular weight is 476 g/mol. The maximum Gasteiger partial charge on any atom is 0.349 e. The van der Waals surface area contributed by atoms with Gasteiger partial charge in [-0.25, -0.2) is 4.79 Å². The number of amides is 1. The predicted molar refractivity (Wildman–Crippen MR) is 116 cm³/mol. The maximum absolute atomic E-state index is 12.6. The third-order valence-corrected chi connectivity index (χ3v) is 7.46.